The number of rotatable bonds is 6. The van der Waals surface area contributed by atoms with Crippen LogP contribution in [0.5, 0.6) is 5.75 Å². The lowest BCUT2D eigenvalue weighted by Crippen LogP contribution is -2.23. The molecule has 0 radical (unpaired) electrons. The van der Waals surface area contributed by atoms with Crippen molar-refractivity contribution in [3.63, 3.8) is 0 Å². The fourth-order valence-corrected chi connectivity index (χ4v) is 2.25. The summed E-state index contributed by atoms with van der Waals surface area (Å²) in [5.74, 6) is 0.0163. The Hall–Kier alpha value is -2.79. The van der Waals surface area contributed by atoms with Crippen LogP contribution in [-0.2, 0) is 0 Å². The van der Waals surface area contributed by atoms with E-state index in [0.29, 0.717) is 34.1 Å². The van der Waals surface area contributed by atoms with Gasteiger partial charge in [0.2, 0.25) is 0 Å². The summed E-state index contributed by atoms with van der Waals surface area (Å²) < 4.78 is 5.06. The Morgan fingerprint density at radius 2 is 1.75 bits per heavy atom. The molecule has 2 amide bonds. The number of halogens is 1. The summed E-state index contributed by atoms with van der Waals surface area (Å²) in [6.07, 6.45) is 1.60. The van der Waals surface area contributed by atoms with Gasteiger partial charge < -0.3 is 15.4 Å². The predicted octanol–water partition coefficient (Wildman–Crippen LogP) is 3.52. The van der Waals surface area contributed by atoms with Gasteiger partial charge >= 0.3 is 0 Å². The SMILES string of the molecule is C=CCNC(=O)c1ccc(C(=O)Nc2ccc(OC)c(Cl)c2)cc1. The first kappa shape index (κ1) is 17.6. The number of methoxy groups -OCH3 is 1. The van der Waals surface area contributed by atoms with Crippen LogP contribution < -0.4 is 15.4 Å². The van der Waals surface area contributed by atoms with E-state index in [0.717, 1.165) is 0 Å². The topological polar surface area (TPSA) is 67.4 Å². The largest absolute Gasteiger partial charge is 0.495 e. The molecule has 0 saturated carbocycles. The van der Waals surface area contributed by atoms with Crippen molar-refractivity contribution in [2.75, 3.05) is 19.0 Å². The quantitative estimate of drug-likeness (QED) is 0.788. The molecule has 0 heterocycles. The van der Waals surface area contributed by atoms with Crippen molar-refractivity contribution in [2.24, 2.45) is 0 Å². The highest BCUT2D eigenvalue weighted by molar-refractivity contribution is 6.32. The zero-order valence-electron chi connectivity index (χ0n) is 13.1. The van der Waals surface area contributed by atoms with E-state index in [1.165, 1.54) is 7.11 Å². The Morgan fingerprint density at radius 3 is 2.29 bits per heavy atom. The van der Waals surface area contributed by atoms with Crippen LogP contribution in [-0.4, -0.2) is 25.5 Å². The zero-order valence-corrected chi connectivity index (χ0v) is 13.9. The molecule has 2 N–H and O–H groups in total. The van der Waals surface area contributed by atoms with Gasteiger partial charge in [0.25, 0.3) is 11.8 Å². The molecular weight excluding hydrogens is 328 g/mol. The summed E-state index contributed by atoms with van der Waals surface area (Å²) in [5.41, 5.74) is 1.46. The molecule has 0 fully saturated rings. The second-order valence-corrected chi connectivity index (χ2v) is 5.29. The van der Waals surface area contributed by atoms with Crippen molar-refractivity contribution in [2.45, 2.75) is 0 Å². The number of anilines is 1. The average molecular weight is 345 g/mol. The summed E-state index contributed by atoms with van der Waals surface area (Å²) in [6, 6.07) is 11.3. The molecular formula is C18H17ClN2O3. The van der Waals surface area contributed by atoms with E-state index in [1.807, 2.05) is 0 Å². The maximum atomic E-state index is 12.2. The van der Waals surface area contributed by atoms with E-state index in [2.05, 4.69) is 17.2 Å². The molecule has 0 atom stereocenters. The third-order valence-electron chi connectivity index (χ3n) is 3.23. The van der Waals surface area contributed by atoms with Crippen LogP contribution >= 0.6 is 11.6 Å². The number of carbonyl (C=O) groups is 2. The highest BCUT2D eigenvalue weighted by Crippen LogP contribution is 2.27. The Labute approximate surface area is 145 Å². The average Bonchev–Trinajstić information content (AvgIpc) is 2.60. The van der Waals surface area contributed by atoms with Gasteiger partial charge in [0.15, 0.2) is 0 Å². The summed E-state index contributed by atoms with van der Waals surface area (Å²) >= 11 is 6.03. The van der Waals surface area contributed by atoms with E-state index < -0.39 is 0 Å². The smallest absolute Gasteiger partial charge is 0.255 e. The van der Waals surface area contributed by atoms with Crippen LogP contribution in [0.3, 0.4) is 0 Å². The lowest BCUT2D eigenvalue weighted by Gasteiger charge is -2.08. The Morgan fingerprint density at radius 1 is 1.12 bits per heavy atom. The van der Waals surface area contributed by atoms with E-state index in [1.54, 1.807) is 48.5 Å². The van der Waals surface area contributed by atoms with Gasteiger partial charge in [0, 0.05) is 23.4 Å². The van der Waals surface area contributed by atoms with Gasteiger partial charge in [-0.25, -0.2) is 0 Å². The molecule has 2 aromatic rings. The molecule has 0 unspecified atom stereocenters. The highest BCUT2D eigenvalue weighted by atomic mass is 35.5. The van der Waals surface area contributed by atoms with Crippen LogP contribution in [0.2, 0.25) is 5.02 Å². The highest BCUT2D eigenvalue weighted by Gasteiger charge is 2.10. The number of ether oxygens (including phenoxy) is 1. The number of hydrogen-bond donors (Lipinski definition) is 2. The molecule has 24 heavy (non-hydrogen) atoms. The number of amides is 2. The maximum absolute atomic E-state index is 12.2. The van der Waals surface area contributed by atoms with Crippen LogP contribution in [0, 0.1) is 0 Å². The minimum Gasteiger partial charge on any atom is -0.495 e. The van der Waals surface area contributed by atoms with Crippen LogP contribution in [0.1, 0.15) is 20.7 Å². The maximum Gasteiger partial charge on any atom is 0.255 e. The van der Waals surface area contributed by atoms with Gasteiger partial charge in [-0.05, 0) is 42.5 Å². The Kier molecular flexibility index (Phi) is 5.98. The predicted molar refractivity (Wildman–Crippen MR) is 94.9 cm³/mol. The van der Waals surface area contributed by atoms with E-state index in [9.17, 15) is 9.59 Å². The van der Waals surface area contributed by atoms with Crippen molar-refractivity contribution in [3.05, 3.63) is 71.3 Å². The number of benzene rings is 2. The first-order valence-electron chi connectivity index (χ1n) is 7.19. The third kappa shape index (κ3) is 4.36. The van der Waals surface area contributed by atoms with E-state index in [-0.39, 0.29) is 11.8 Å². The third-order valence-corrected chi connectivity index (χ3v) is 3.52. The van der Waals surface area contributed by atoms with Gasteiger partial charge in [-0.3, -0.25) is 9.59 Å². The standard InChI is InChI=1S/C18H17ClN2O3/c1-3-10-20-17(22)12-4-6-13(7-5-12)18(23)21-14-8-9-16(24-2)15(19)11-14/h3-9,11H,1,10H2,2H3,(H,20,22)(H,21,23). The van der Waals surface area contributed by atoms with Gasteiger partial charge in [0.05, 0.1) is 12.1 Å². The van der Waals surface area contributed by atoms with Gasteiger partial charge in [-0.15, -0.1) is 6.58 Å². The summed E-state index contributed by atoms with van der Waals surface area (Å²) in [6.45, 7) is 3.92. The molecule has 0 spiro atoms. The van der Waals surface area contributed by atoms with Crippen LogP contribution in [0.15, 0.2) is 55.1 Å². The normalized spacial score (nSPS) is 9.92. The van der Waals surface area contributed by atoms with Crippen LogP contribution in [0.25, 0.3) is 0 Å². The fourth-order valence-electron chi connectivity index (χ4n) is 1.99. The van der Waals surface area contributed by atoms with Crippen molar-refractivity contribution >= 4 is 29.1 Å². The van der Waals surface area contributed by atoms with Crippen molar-refractivity contribution < 1.29 is 14.3 Å². The molecule has 2 aromatic carbocycles. The molecule has 0 aliphatic carbocycles. The molecule has 0 saturated heterocycles. The Bertz CT molecular complexity index is 757. The molecule has 0 aromatic heterocycles. The molecule has 0 bridgehead atoms. The number of hydrogen-bond acceptors (Lipinski definition) is 3. The second kappa shape index (κ2) is 8.17. The van der Waals surface area contributed by atoms with Crippen molar-refractivity contribution in [3.8, 4) is 5.75 Å². The molecule has 5 nitrogen and oxygen atoms in total. The summed E-state index contributed by atoms with van der Waals surface area (Å²) in [7, 11) is 1.52. The van der Waals surface area contributed by atoms with Gasteiger partial charge in [0.1, 0.15) is 5.75 Å². The van der Waals surface area contributed by atoms with E-state index in [4.69, 9.17) is 16.3 Å². The monoisotopic (exact) mass is 344 g/mol. The lowest BCUT2D eigenvalue weighted by atomic mass is 10.1. The van der Waals surface area contributed by atoms with Crippen molar-refractivity contribution in [1.82, 2.24) is 5.32 Å². The molecule has 0 aliphatic rings. The lowest BCUT2D eigenvalue weighted by molar-refractivity contribution is 0.0956. The molecule has 6 heteroatoms. The van der Waals surface area contributed by atoms with Crippen molar-refractivity contribution in [1.29, 1.82) is 0 Å². The minimum atomic E-state index is -0.297. The second-order valence-electron chi connectivity index (χ2n) is 4.88. The summed E-state index contributed by atoms with van der Waals surface area (Å²) in [5, 5.41) is 5.82. The molecule has 0 aliphatic heterocycles. The fraction of sp³-hybridized carbons (Fsp3) is 0.111. The molecule has 124 valence electrons. The summed E-state index contributed by atoms with van der Waals surface area (Å²) in [4.78, 5) is 24.0. The number of nitrogens with one attached hydrogen (secondary N) is 2. The minimum absolute atomic E-state index is 0.219. The first-order chi connectivity index (χ1) is 11.5. The van der Waals surface area contributed by atoms with Gasteiger partial charge in [-0.1, -0.05) is 17.7 Å². The Balaban J connectivity index is 2.06. The zero-order chi connectivity index (χ0) is 17.5. The van der Waals surface area contributed by atoms with Gasteiger partial charge in [-0.2, -0.15) is 0 Å². The molecule has 2 rings (SSSR count). The number of carbonyl (C=O) groups excluding carboxylic acids is 2. The first-order valence-corrected chi connectivity index (χ1v) is 7.57. The van der Waals surface area contributed by atoms with Crippen LogP contribution in [0.4, 0.5) is 5.69 Å². The van der Waals surface area contributed by atoms with E-state index >= 15 is 0 Å².